The van der Waals surface area contributed by atoms with E-state index in [1.54, 1.807) is 5.38 Å². The van der Waals surface area contributed by atoms with Crippen LogP contribution in [0.4, 0.5) is 0 Å². The van der Waals surface area contributed by atoms with E-state index >= 15 is 0 Å². The zero-order valence-electron chi connectivity index (χ0n) is 14.7. The van der Waals surface area contributed by atoms with Gasteiger partial charge in [-0.1, -0.05) is 35.6 Å². The highest BCUT2D eigenvalue weighted by atomic mass is 32.1. The molecule has 0 bridgehead atoms. The molecule has 0 saturated heterocycles. The minimum atomic E-state index is -0.485. The molecular formula is C19H22N2O4S. The van der Waals surface area contributed by atoms with Gasteiger partial charge in [0.15, 0.2) is 6.61 Å². The molecule has 0 radical (unpaired) electrons. The van der Waals surface area contributed by atoms with Gasteiger partial charge in [-0.15, -0.1) is 0 Å². The molecule has 7 heteroatoms. The van der Waals surface area contributed by atoms with Crippen molar-refractivity contribution < 1.29 is 14.3 Å². The average molecular weight is 374 g/mol. The number of amides is 1. The zero-order chi connectivity index (χ0) is 18.5. The van der Waals surface area contributed by atoms with Crippen LogP contribution in [0.1, 0.15) is 42.1 Å². The van der Waals surface area contributed by atoms with E-state index in [9.17, 15) is 14.4 Å². The van der Waals surface area contributed by atoms with Crippen LogP contribution in [-0.4, -0.2) is 23.1 Å². The maximum atomic E-state index is 12.1. The van der Waals surface area contributed by atoms with Crippen LogP contribution in [-0.2, 0) is 27.3 Å². The number of thiazole rings is 1. The second-order valence-electron chi connectivity index (χ2n) is 6.42. The summed E-state index contributed by atoms with van der Waals surface area (Å²) in [6, 6.07) is 8.07. The average Bonchev–Trinajstić information content (AvgIpc) is 2.96. The minimum absolute atomic E-state index is 0.0295. The summed E-state index contributed by atoms with van der Waals surface area (Å²) in [5.74, 6) is -0.786. The highest BCUT2D eigenvalue weighted by molar-refractivity contribution is 7.07. The first-order chi connectivity index (χ1) is 12.5. The third-order valence-electron chi connectivity index (χ3n) is 4.58. The summed E-state index contributed by atoms with van der Waals surface area (Å²) < 4.78 is 6.58. The maximum Gasteiger partial charge on any atom is 0.308 e. The van der Waals surface area contributed by atoms with Crippen LogP contribution < -0.4 is 10.2 Å². The lowest BCUT2D eigenvalue weighted by Gasteiger charge is -2.26. The Morgan fingerprint density at radius 1 is 1.35 bits per heavy atom. The summed E-state index contributed by atoms with van der Waals surface area (Å²) in [7, 11) is 0. The second-order valence-corrected chi connectivity index (χ2v) is 7.24. The number of benzene rings is 1. The summed E-state index contributed by atoms with van der Waals surface area (Å²) in [6.07, 6.45) is 3.00. The van der Waals surface area contributed by atoms with Crippen LogP contribution in [0, 0.1) is 6.92 Å². The monoisotopic (exact) mass is 374 g/mol. The molecule has 0 spiro atoms. The number of nitrogens with zero attached hydrogens (tertiary/aromatic N) is 1. The SMILES string of the molecule is Cc1csc(=O)n1CCC(=O)OCC(=O)N[C@@H]1CCCc2ccccc21. The summed E-state index contributed by atoms with van der Waals surface area (Å²) in [5.41, 5.74) is 3.23. The zero-order valence-corrected chi connectivity index (χ0v) is 15.5. The molecule has 0 saturated carbocycles. The molecular weight excluding hydrogens is 352 g/mol. The smallest absolute Gasteiger partial charge is 0.308 e. The molecule has 1 atom stereocenters. The Kier molecular flexibility index (Phi) is 5.88. The topological polar surface area (TPSA) is 77.4 Å². The summed E-state index contributed by atoms with van der Waals surface area (Å²) in [4.78, 5) is 35.5. The lowest BCUT2D eigenvalue weighted by Crippen LogP contribution is -2.34. The van der Waals surface area contributed by atoms with Gasteiger partial charge in [-0.2, -0.15) is 0 Å². The van der Waals surface area contributed by atoms with Crippen molar-refractivity contribution >= 4 is 23.2 Å². The number of carbonyl (C=O) groups is 2. The summed E-state index contributed by atoms with van der Waals surface area (Å²) in [6.45, 7) is 1.79. The minimum Gasteiger partial charge on any atom is -0.456 e. The maximum absolute atomic E-state index is 12.1. The molecule has 3 rings (SSSR count). The van der Waals surface area contributed by atoms with Crippen molar-refractivity contribution in [1.29, 1.82) is 0 Å². The number of ether oxygens (including phenoxy) is 1. The van der Waals surface area contributed by atoms with Crippen molar-refractivity contribution in [3.63, 3.8) is 0 Å². The predicted molar refractivity (Wildman–Crippen MR) is 99.2 cm³/mol. The van der Waals surface area contributed by atoms with Gasteiger partial charge in [0, 0.05) is 17.6 Å². The summed E-state index contributed by atoms with van der Waals surface area (Å²) in [5, 5.41) is 4.70. The normalized spacial score (nSPS) is 16.0. The fourth-order valence-electron chi connectivity index (χ4n) is 3.24. The third-order valence-corrected chi connectivity index (χ3v) is 5.47. The molecule has 1 aliphatic carbocycles. The fraction of sp³-hybridized carbons (Fsp3) is 0.421. The van der Waals surface area contributed by atoms with Gasteiger partial charge >= 0.3 is 10.8 Å². The molecule has 138 valence electrons. The number of hydrogen-bond donors (Lipinski definition) is 1. The number of fused-ring (bicyclic) bond motifs is 1. The van der Waals surface area contributed by atoms with E-state index in [1.807, 2.05) is 25.1 Å². The van der Waals surface area contributed by atoms with Gasteiger partial charge in [0.2, 0.25) is 0 Å². The number of esters is 1. The van der Waals surface area contributed by atoms with Crippen LogP contribution in [0.2, 0.25) is 0 Å². The van der Waals surface area contributed by atoms with E-state index in [2.05, 4.69) is 11.4 Å². The van der Waals surface area contributed by atoms with E-state index in [0.717, 1.165) is 41.9 Å². The highest BCUT2D eigenvalue weighted by Crippen LogP contribution is 2.29. The molecule has 0 unspecified atom stereocenters. The number of hydrogen-bond acceptors (Lipinski definition) is 5. The van der Waals surface area contributed by atoms with E-state index in [-0.39, 0.29) is 36.4 Å². The number of carbonyl (C=O) groups excluding carboxylic acids is 2. The van der Waals surface area contributed by atoms with Gasteiger partial charge < -0.3 is 14.6 Å². The van der Waals surface area contributed by atoms with Crippen molar-refractivity contribution in [3.05, 3.63) is 56.1 Å². The van der Waals surface area contributed by atoms with Crippen LogP contribution in [0.3, 0.4) is 0 Å². The summed E-state index contributed by atoms with van der Waals surface area (Å²) >= 11 is 1.11. The molecule has 1 N–H and O–H groups in total. The lowest BCUT2D eigenvalue weighted by molar-refractivity contribution is -0.149. The number of rotatable bonds is 6. The quantitative estimate of drug-likeness (QED) is 0.788. The molecule has 1 aromatic carbocycles. The molecule has 2 aromatic rings. The van der Waals surface area contributed by atoms with Crippen LogP contribution >= 0.6 is 11.3 Å². The number of nitrogens with one attached hydrogen (secondary N) is 1. The predicted octanol–water partition coefficient (Wildman–Crippen LogP) is 2.35. The fourth-order valence-corrected chi connectivity index (χ4v) is 4.00. The Morgan fingerprint density at radius 3 is 2.92 bits per heavy atom. The third kappa shape index (κ3) is 4.40. The van der Waals surface area contributed by atoms with E-state index in [0.29, 0.717) is 0 Å². The Hall–Kier alpha value is -2.41. The molecule has 1 aromatic heterocycles. The Bertz CT molecular complexity index is 855. The van der Waals surface area contributed by atoms with Crippen LogP contribution in [0.25, 0.3) is 0 Å². The van der Waals surface area contributed by atoms with Crippen molar-refractivity contribution in [2.45, 2.75) is 45.2 Å². The second kappa shape index (κ2) is 8.31. The van der Waals surface area contributed by atoms with E-state index in [1.165, 1.54) is 10.1 Å². The van der Waals surface area contributed by atoms with Gasteiger partial charge in [0.05, 0.1) is 12.5 Å². The van der Waals surface area contributed by atoms with Gasteiger partial charge in [-0.25, -0.2) is 0 Å². The standard InChI is InChI=1S/C19H22N2O4S/c1-13-12-26-19(24)21(13)10-9-18(23)25-11-17(22)20-16-8-4-6-14-5-2-3-7-15(14)16/h2-3,5,7,12,16H,4,6,8-11H2,1H3,(H,20,22)/t16-/m1/s1. The number of aryl methyl sites for hydroxylation is 2. The van der Waals surface area contributed by atoms with Gasteiger partial charge in [0.1, 0.15) is 0 Å². The first kappa shape index (κ1) is 18.4. The molecule has 26 heavy (non-hydrogen) atoms. The first-order valence-electron chi connectivity index (χ1n) is 8.72. The highest BCUT2D eigenvalue weighted by Gasteiger charge is 2.21. The molecule has 6 nitrogen and oxygen atoms in total. The van der Waals surface area contributed by atoms with Gasteiger partial charge in [-0.05, 0) is 37.3 Å². The lowest BCUT2D eigenvalue weighted by atomic mass is 9.88. The Morgan fingerprint density at radius 2 is 2.15 bits per heavy atom. The van der Waals surface area contributed by atoms with Gasteiger partial charge in [-0.3, -0.25) is 14.4 Å². The van der Waals surface area contributed by atoms with E-state index < -0.39 is 5.97 Å². The Labute approximate surface area is 155 Å². The van der Waals surface area contributed by atoms with Crippen LogP contribution in [0.15, 0.2) is 34.4 Å². The molecule has 1 aliphatic rings. The van der Waals surface area contributed by atoms with Crippen molar-refractivity contribution in [3.8, 4) is 0 Å². The first-order valence-corrected chi connectivity index (χ1v) is 9.60. The number of aromatic nitrogens is 1. The molecule has 0 fully saturated rings. The van der Waals surface area contributed by atoms with Crippen molar-refractivity contribution in [1.82, 2.24) is 9.88 Å². The molecule has 0 aliphatic heterocycles. The molecule has 1 heterocycles. The Balaban J connectivity index is 1.46. The van der Waals surface area contributed by atoms with Crippen molar-refractivity contribution in [2.24, 2.45) is 0 Å². The van der Waals surface area contributed by atoms with Crippen LogP contribution in [0.5, 0.6) is 0 Å². The molecule has 1 amide bonds. The van der Waals surface area contributed by atoms with Crippen molar-refractivity contribution in [2.75, 3.05) is 6.61 Å². The van der Waals surface area contributed by atoms with Gasteiger partial charge in [0.25, 0.3) is 5.91 Å². The largest absolute Gasteiger partial charge is 0.456 e. The van der Waals surface area contributed by atoms with E-state index in [4.69, 9.17) is 4.74 Å².